The van der Waals surface area contributed by atoms with E-state index >= 15 is 0 Å². The van der Waals surface area contributed by atoms with Crippen molar-refractivity contribution in [2.24, 2.45) is 0 Å². The predicted octanol–water partition coefficient (Wildman–Crippen LogP) is 10.1. The second-order valence-corrected chi connectivity index (χ2v) is 32.2. The van der Waals surface area contributed by atoms with Gasteiger partial charge in [-0.15, -0.1) is 0 Å². The third-order valence-corrected chi connectivity index (χ3v) is 24.2. The maximum absolute atomic E-state index is 12.8. The van der Waals surface area contributed by atoms with Crippen molar-refractivity contribution in [2.45, 2.75) is 125 Å². The van der Waals surface area contributed by atoms with Crippen molar-refractivity contribution in [3.63, 3.8) is 0 Å². The van der Waals surface area contributed by atoms with Crippen LogP contribution in [0, 0.1) is 27.7 Å². The number of nitrogens with zero attached hydrogens (tertiary/aromatic N) is 5. The minimum atomic E-state index is -3.60. The number of nitrogens with two attached hydrogens (primary N) is 1. The zero-order chi connectivity index (χ0) is 62.9. The number of nitrogen functional groups attached to an aromatic ring is 1. The Labute approximate surface area is 518 Å². The van der Waals surface area contributed by atoms with Gasteiger partial charge in [-0.1, -0.05) is 76.9 Å². The lowest BCUT2D eigenvalue weighted by atomic mass is 9.78. The van der Waals surface area contributed by atoms with Gasteiger partial charge in [0.1, 0.15) is 11.5 Å². The number of fused-ring (bicyclic) bond motifs is 2. The zero-order valence-corrected chi connectivity index (χ0v) is 56.8. The maximum Gasteiger partial charge on any atom is 0.494 e. The quantitative estimate of drug-likeness (QED) is 0.0807. The van der Waals surface area contributed by atoms with Gasteiger partial charge in [0.2, 0.25) is 30.1 Å². The molecule has 3 aliphatic rings. The number of benzene rings is 5. The van der Waals surface area contributed by atoms with Crippen molar-refractivity contribution in [3.8, 4) is 22.5 Å². The normalized spacial score (nSPS) is 16.0. The van der Waals surface area contributed by atoms with Gasteiger partial charge in [-0.05, 0) is 168 Å². The van der Waals surface area contributed by atoms with E-state index in [1.54, 1.807) is 123 Å². The Morgan fingerprint density at radius 3 is 1.48 bits per heavy atom. The second-order valence-electron chi connectivity index (χ2n) is 21.8. The number of anilines is 1. The summed E-state index contributed by atoms with van der Waals surface area (Å²) in [6.45, 7) is 22.4. The molecule has 2 fully saturated rings. The molecule has 0 bridgehead atoms. The third-order valence-electron chi connectivity index (χ3n) is 15.5. The molecule has 5 aromatic carbocycles. The first-order valence-electron chi connectivity index (χ1n) is 26.9. The van der Waals surface area contributed by atoms with Crippen LogP contribution < -0.4 is 16.5 Å². The Morgan fingerprint density at radius 2 is 1.05 bits per heavy atom. The molecule has 2 aliphatic heterocycles. The maximum atomic E-state index is 12.8. The van der Waals surface area contributed by atoms with Crippen molar-refractivity contribution in [2.75, 3.05) is 53.1 Å². The van der Waals surface area contributed by atoms with Crippen molar-refractivity contribution in [1.29, 1.82) is 0 Å². The number of aryl methyl sites for hydroxylation is 4. The number of sulfonamides is 3. The summed E-state index contributed by atoms with van der Waals surface area (Å²) < 4.78 is 114. The van der Waals surface area contributed by atoms with Gasteiger partial charge in [-0.3, -0.25) is 4.79 Å². The highest BCUT2D eigenvalue weighted by molar-refractivity contribution is 9.10. The first-order chi connectivity index (χ1) is 38.9. The van der Waals surface area contributed by atoms with E-state index < -0.39 is 57.4 Å². The summed E-state index contributed by atoms with van der Waals surface area (Å²) >= 11 is 6.53. The van der Waals surface area contributed by atoms with E-state index in [0.29, 0.717) is 75.4 Å². The molecular formula is C58H73BBr2ClN7O11S4. The number of amides is 1. The monoisotopic (exact) mass is 1380 g/mol. The van der Waals surface area contributed by atoms with Crippen molar-refractivity contribution >= 4 is 106 Å². The minimum Gasteiger partial charge on any atom is -0.399 e. The molecule has 454 valence electrons. The highest BCUT2D eigenvalue weighted by atomic mass is 79.9. The Hall–Kier alpha value is -4.64. The lowest BCUT2D eigenvalue weighted by Crippen LogP contribution is -2.41. The fraction of sp³-hybridized carbons (Fsp3) is 0.397. The van der Waals surface area contributed by atoms with Crippen molar-refractivity contribution in [1.82, 2.24) is 28.2 Å². The molecule has 1 aromatic heterocycles. The summed E-state index contributed by atoms with van der Waals surface area (Å²) in [5.41, 5.74) is 13.4. The van der Waals surface area contributed by atoms with E-state index in [4.69, 9.17) is 30.7 Å². The standard InChI is InChI=1S/C25H27N5O3S.C16H26BNO4S.C10H14BrNO2S.C7H6BrClO2S/c1-4-30(3)34(32,33)21-8-6-16(11-15(21)2)20-13-27-23(26)22(29-20)17-5-7-18-19(12-17)25(9-10-25)14-28-24(18)31;1-8-18(7)23(19,20)14-10-9-13(11-12(14)2)17-21-15(3,4)16(5,6)22-17;1-4-12(3)15(13,14)10-6-5-9(11)7-8(10)2;1-5-4-6(8)2-3-7(5)12(9,10)11/h5-8,11-13H,4,9-10,14H2,1-3H3,(H2,26,27)(H,28,31);9-11H,8H2,1-7H3;5-7H,4H2,1-3H3;2-4H,1H3. The van der Waals surface area contributed by atoms with Crippen LogP contribution in [0.25, 0.3) is 22.5 Å². The SMILES string of the molecule is CCN(C)S(=O)(=O)c1ccc(-c2cnc(N)c(-c3ccc4c(c3)C3(CC3)CNC4=O)n2)cc1C.CCN(C)S(=O)(=O)c1ccc(B2OC(C)(C)C(C)(C)O2)cc1C.CCN(C)S(=O)(=O)c1ccc(Br)cc1C.Cc1cc(Br)ccc1S(=O)(=O)Cl. The van der Waals surface area contributed by atoms with E-state index in [-0.39, 0.29) is 21.1 Å². The van der Waals surface area contributed by atoms with Crippen LogP contribution in [-0.4, -0.2) is 128 Å². The van der Waals surface area contributed by atoms with E-state index in [2.05, 4.69) is 42.2 Å². The van der Waals surface area contributed by atoms with Gasteiger partial charge in [0, 0.05) is 89.1 Å². The highest BCUT2D eigenvalue weighted by Crippen LogP contribution is 2.51. The van der Waals surface area contributed by atoms with Crippen LogP contribution in [0.4, 0.5) is 5.82 Å². The lowest BCUT2D eigenvalue weighted by Gasteiger charge is -2.32. The third kappa shape index (κ3) is 15.0. The summed E-state index contributed by atoms with van der Waals surface area (Å²) in [6, 6.07) is 26.1. The Kier molecular flexibility index (Phi) is 21.5. The molecule has 1 amide bonds. The van der Waals surface area contributed by atoms with Crippen molar-refractivity contribution in [3.05, 3.63) is 140 Å². The number of carbonyl (C=O) groups excluding carboxylic acids is 1. The van der Waals surface area contributed by atoms with E-state index in [1.165, 1.54) is 19.0 Å². The first kappa shape index (κ1) is 68.5. The molecule has 0 radical (unpaired) electrons. The number of hydrogen-bond donors (Lipinski definition) is 2. The summed E-state index contributed by atoms with van der Waals surface area (Å²) in [7, 11) is -4.52. The fourth-order valence-electron chi connectivity index (χ4n) is 9.10. The highest BCUT2D eigenvalue weighted by Gasteiger charge is 2.52. The average molecular weight is 1380 g/mol. The van der Waals surface area contributed by atoms with Gasteiger partial charge in [0.15, 0.2) is 0 Å². The van der Waals surface area contributed by atoms with Crippen LogP contribution in [0.3, 0.4) is 0 Å². The molecule has 0 atom stereocenters. The molecular weight excluding hydrogens is 1310 g/mol. The van der Waals surface area contributed by atoms with Crippen LogP contribution in [0.5, 0.6) is 0 Å². The molecule has 1 saturated carbocycles. The van der Waals surface area contributed by atoms with E-state index in [9.17, 15) is 38.5 Å². The lowest BCUT2D eigenvalue weighted by molar-refractivity contribution is 0.00578. The number of carbonyl (C=O) groups is 1. The second kappa shape index (κ2) is 26.4. The van der Waals surface area contributed by atoms with Gasteiger partial charge in [-0.25, -0.2) is 56.6 Å². The Balaban J connectivity index is 0.000000195. The molecule has 3 heterocycles. The molecule has 1 aliphatic carbocycles. The summed E-state index contributed by atoms with van der Waals surface area (Å²) in [5, 5.41) is 2.99. The molecule has 9 rings (SSSR count). The average Bonchev–Trinajstić information content (AvgIpc) is 1.79. The van der Waals surface area contributed by atoms with E-state index in [0.717, 1.165) is 49.5 Å². The smallest absolute Gasteiger partial charge is 0.399 e. The van der Waals surface area contributed by atoms with Crippen LogP contribution in [0.1, 0.15) is 99.5 Å². The molecule has 6 aromatic rings. The van der Waals surface area contributed by atoms with E-state index in [1.807, 2.05) is 65.8 Å². The minimum absolute atomic E-state index is 0.0170. The van der Waals surface area contributed by atoms with Crippen LogP contribution in [-0.2, 0) is 53.8 Å². The molecule has 3 N–H and O–H groups in total. The largest absolute Gasteiger partial charge is 0.494 e. The number of nitrogens with one attached hydrogen (secondary N) is 1. The van der Waals surface area contributed by atoms with Crippen LogP contribution >= 0.6 is 42.5 Å². The molecule has 26 heteroatoms. The molecule has 84 heavy (non-hydrogen) atoms. The Morgan fingerprint density at radius 1 is 0.619 bits per heavy atom. The molecule has 18 nitrogen and oxygen atoms in total. The van der Waals surface area contributed by atoms with Crippen LogP contribution in [0.2, 0.25) is 0 Å². The summed E-state index contributed by atoms with van der Waals surface area (Å²) in [4.78, 5) is 22.6. The number of hydrogen-bond acceptors (Lipinski definition) is 14. The molecule has 0 unspecified atom stereocenters. The number of aromatic nitrogens is 2. The topological polar surface area (TPSA) is 246 Å². The van der Waals surface area contributed by atoms with Gasteiger partial charge in [0.05, 0.1) is 42.7 Å². The predicted molar refractivity (Wildman–Crippen MR) is 339 cm³/mol. The molecule has 1 spiro atoms. The first-order valence-corrected chi connectivity index (χ1v) is 35.1. The fourth-order valence-corrected chi connectivity index (χ4v) is 15.4. The summed E-state index contributed by atoms with van der Waals surface area (Å²) in [5.74, 6) is 0.250. The zero-order valence-electron chi connectivity index (χ0n) is 49.6. The van der Waals surface area contributed by atoms with Gasteiger partial charge in [0.25, 0.3) is 15.0 Å². The van der Waals surface area contributed by atoms with Gasteiger partial charge >= 0.3 is 7.12 Å². The van der Waals surface area contributed by atoms with Gasteiger partial charge < -0.3 is 20.4 Å². The summed E-state index contributed by atoms with van der Waals surface area (Å²) in [6.07, 6.45) is 3.69. The number of rotatable bonds is 13. The van der Waals surface area contributed by atoms with Gasteiger partial charge in [-0.2, -0.15) is 0 Å². The van der Waals surface area contributed by atoms with Crippen molar-refractivity contribution < 1.29 is 47.8 Å². The van der Waals surface area contributed by atoms with Crippen LogP contribution in [0.15, 0.2) is 126 Å². The Bertz CT molecular complexity index is 3930. The number of halogens is 3. The molecule has 1 saturated heterocycles.